The molecular formula is C16H14BrNO2S. The zero-order valence-electron chi connectivity index (χ0n) is 11.3. The highest BCUT2D eigenvalue weighted by atomic mass is 79.9. The molecule has 1 aromatic heterocycles. The molecule has 1 aliphatic rings. The van der Waals surface area contributed by atoms with Crippen LogP contribution in [0.4, 0.5) is 0 Å². The third-order valence-corrected chi connectivity index (χ3v) is 5.26. The number of halogens is 1. The Morgan fingerprint density at radius 3 is 2.81 bits per heavy atom. The number of nitrogens with zero attached hydrogens (tertiary/aromatic N) is 1. The van der Waals surface area contributed by atoms with E-state index in [1.165, 1.54) is 11.3 Å². The number of carbonyl (C=O) groups excluding carboxylic acids is 2. The molecule has 0 unspecified atom stereocenters. The second-order valence-corrected chi connectivity index (χ2v) is 7.48. The van der Waals surface area contributed by atoms with E-state index in [0.29, 0.717) is 11.4 Å². The van der Waals surface area contributed by atoms with E-state index in [9.17, 15) is 9.59 Å². The van der Waals surface area contributed by atoms with Gasteiger partial charge in [0.2, 0.25) is 0 Å². The van der Waals surface area contributed by atoms with Crippen LogP contribution in [0.3, 0.4) is 0 Å². The van der Waals surface area contributed by atoms with Crippen LogP contribution in [0.15, 0.2) is 40.2 Å². The first-order valence-electron chi connectivity index (χ1n) is 6.81. The van der Waals surface area contributed by atoms with Crippen LogP contribution in [0.25, 0.3) is 0 Å². The van der Waals surface area contributed by atoms with Crippen LogP contribution in [0.2, 0.25) is 0 Å². The SMILES string of the molecule is O=C(CN1CCCc2ccccc2C1=O)c1ccc(Br)s1. The summed E-state index contributed by atoms with van der Waals surface area (Å²) in [5.74, 6) is -0.0366. The topological polar surface area (TPSA) is 37.4 Å². The number of fused-ring (bicyclic) bond motifs is 1. The van der Waals surface area contributed by atoms with Gasteiger partial charge in [-0.15, -0.1) is 11.3 Å². The van der Waals surface area contributed by atoms with Crippen LogP contribution < -0.4 is 0 Å². The molecule has 2 heterocycles. The Labute approximate surface area is 135 Å². The van der Waals surface area contributed by atoms with E-state index in [0.717, 1.165) is 27.8 Å². The summed E-state index contributed by atoms with van der Waals surface area (Å²) in [5, 5.41) is 0. The lowest BCUT2D eigenvalue weighted by atomic mass is 10.0. The molecule has 3 rings (SSSR count). The lowest BCUT2D eigenvalue weighted by Crippen LogP contribution is -2.35. The third kappa shape index (κ3) is 3.09. The van der Waals surface area contributed by atoms with E-state index in [1.54, 1.807) is 11.0 Å². The molecule has 2 aromatic rings. The van der Waals surface area contributed by atoms with Gasteiger partial charge in [0.25, 0.3) is 5.91 Å². The van der Waals surface area contributed by atoms with Gasteiger partial charge in [0.05, 0.1) is 15.2 Å². The van der Waals surface area contributed by atoms with Crippen molar-refractivity contribution in [1.29, 1.82) is 0 Å². The minimum atomic E-state index is -0.0351. The Morgan fingerprint density at radius 2 is 2.05 bits per heavy atom. The van der Waals surface area contributed by atoms with Crippen LogP contribution in [-0.2, 0) is 6.42 Å². The summed E-state index contributed by atoms with van der Waals surface area (Å²) >= 11 is 4.76. The van der Waals surface area contributed by atoms with Crippen molar-refractivity contribution in [3.05, 3.63) is 56.2 Å². The molecule has 0 fully saturated rings. The molecule has 1 aromatic carbocycles. The largest absolute Gasteiger partial charge is 0.331 e. The van der Waals surface area contributed by atoms with Crippen molar-refractivity contribution >= 4 is 39.0 Å². The Morgan fingerprint density at radius 1 is 1.24 bits per heavy atom. The molecular weight excluding hydrogens is 350 g/mol. The quantitative estimate of drug-likeness (QED) is 0.778. The predicted octanol–water partition coefficient (Wildman–Crippen LogP) is 3.78. The van der Waals surface area contributed by atoms with Gasteiger partial charge in [0.1, 0.15) is 0 Å². The first kappa shape index (κ1) is 14.5. The van der Waals surface area contributed by atoms with Crippen molar-refractivity contribution in [2.45, 2.75) is 12.8 Å². The number of amides is 1. The summed E-state index contributed by atoms with van der Waals surface area (Å²) < 4.78 is 0.929. The lowest BCUT2D eigenvalue weighted by molar-refractivity contribution is 0.0715. The molecule has 0 atom stereocenters. The molecule has 21 heavy (non-hydrogen) atoms. The second-order valence-electron chi connectivity index (χ2n) is 5.01. The maximum Gasteiger partial charge on any atom is 0.254 e. The number of hydrogen-bond acceptors (Lipinski definition) is 3. The highest BCUT2D eigenvalue weighted by Gasteiger charge is 2.24. The molecule has 0 aliphatic carbocycles. The Kier molecular flexibility index (Phi) is 4.22. The number of thiophene rings is 1. The zero-order chi connectivity index (χ0) is 14.8. The fourth-order valence-electron chi connectivity index (χ4n) is 2.55. The maximum atomic E-state index is 12.6. The summed E-state index contributed by atoms with van der Waals surface area (Å²) in [6.07, 6.45) is 1.78. The number of hydrogen-bond donors (Lipinski definition) is 0. The number of ketones is 1. The standard InChI is InChI=1S/C16H14BrNO2S/c17-15-8-7-14(21-15)13(19)10-18-9-3-5-11-4-1-2-6-12(11)16(18)20/h1-2,4,6-8H,3,5,9-10H2. The number of rotatable bonds is 3. The van der Waals surface area contributed by atoms with Crippen molar-refractivity contribution in [3.63, 3.8) is 0 Å². The summed E-state index contributed by atoms with van der Waals surface area (Å²) in [6, 6.07) is 11.3. The lowest BCUT2D eigenvalue weighted by Gasteiger charge is -2.19. The van der Waals surface area contributed by atoms with Gasteiger partial charge < -0.3 is 4.90 Å². The molecule has 0 radical (unpaired) electrons. The van der Waals surface area contributed by atoms with Crippen molar-refractivity contribution in [3.8, 4) is 0 Å². The van der Waals surface area contributed by atoms with Crippen LogP contribution in [-0.4, -0.2) is 29.7 Å². The van der Waals surface area contributed by atoms with Crippen LogP contribution in [0.5, 0.6) is 0 Å². The van der Waals surface area contributed by atoms with Crippen LogP contribution in [0.1, 0.15) is 32.0 Å². The summed E-state index contributed by atoms with van der Waals surface area (Å²) in [7, 11) is 0. The van der Waals surface area contributed by atoms with Crippen molar-refractivity contribution in [2.75, 3.05) is 13.1 Å². The molecule has 108 valence electrons. The smallest absolute Gasteiger partial charge is 0.254 e. The first-order valence-corrected chi connectivity index (χ1v) is 8.42. The summed E-state index contributed by atoms with van der Waals surface area (Å²) in [6.45, 7) is 0.784. The molecule has 0 spiro atoms. The van der Waals surface area contributed by atoms with E-state index in [2.05, 4.69) is 15.9 Å². The average Bonchev–Trinajstić information content (AvgIpc) is 2.86. The fourth-order valence-corrected chi connectivity index (χ4v) is 3.86. The van der Waals surface area contributed by atoms with Gasteiger partial charge in [-0.2, -0.15) is 0 Å². The Bertz CT molecular complexity index is 695. The zero-order valence-corrected chi connectivity index (χ0v) is 13.7. The van der Waals surface area contributed by atoms with Gasteiger partial charge in [0, 0.05) is 12.1 Å². The fraction of sp³-hybridized carbons (Fsp3) is 0.250. The van der Waals surface area contributed by atoms with Gasteiger partial charge in [-0.3, -0.25) is 9.59 Å². The molecule has 5 heteroatoms. The molecule has 0 bridgehead atoms. The molecule has 0 N–H and O–H groups in total. The van der Waals surface area contributed by atoms with Crippen LogP contribution in [0, 0.1) is 0 Å². The minimum Gasteiger partial charge on any atom is -0.331 e. The maximum absolute atomic E-state index is 12.6. The van der Waals surface area contributed by atoms with E-state index < -0.39 is 0 Å². The number of benzene rings is 1. The molecule has 1 aliphatic heterocycles. The monoisotopic (exact) mass is 363 g/mol. The number of aryl methyl sites for hydroxylation is 1. The third-order valence-electron chi connectivity index (χ3n) is 3.59. The highest BCUT2D eigenvalue weighted by Crippen LogP contribution is 2.24. The second kappa shape index (κ2) is 6.12. The number of carbonyl (C=O) groups is 2. The van der Waals surface area contributed by atoms with Gasteiger partial charge in [-0.25, -0.2) is 0 Å². The molecule has 1 amide bonds. The van der Waals surface area contributed by atoms with Crippen molar-refractivity contribution < 1.29 is 9.59 Å². The summed E-state index contributed by atoms with van der Waals surface area (Å²) in [4.78, 5) is 27.2. The van der Waals surface area contributed by atoms with Gasteiger partial charge in [-0.05, 0) is 52.5 Å². The molecule has 0 saturated carbocycles. The number of Topliss-reactive ketones (excluding diaryl/α,β-unsaturated/α-hetero) is 1. The highest BCUT2D eigenvalue weighted by molar-refractivity contribution is 9.11. The van der Waals surface area contributed by atoms with Gasteiger partial charge in [0.15, 0.2) is 5.78 Å². The molecule has 3 nitrogen and oxygen atoms in total. The van der Waals surface area contributed by atoms with Crippen molar-refractivity contribution in [1.82, 2.24) is 4.90 Å². The van der Waals surface area contributed by atoms with Gasteiger partial charge in [-0.1, -0.05) is 18.2 Å². The van der Waals surface area contributed by atoms with E-state index in [1.807, 2.05) is 30.3 Å². The Balaban J connectivity index is 1.80. The molecule has 0 saturated heterocycles. The van der Waals surface area contributed by atoms with Crippen molar-refractivity contribution in [2.24, 2.45) is 0 Å². The first-order chi connectivity index (χ1) is 10.1. The average molecular weight is 364 g/mol. The van der Waals surface area contributed by atoms with E-state index >= 15 is 0 Å². The van der Waals surface area contributed by atoms with Crippen LogP contribution >= 0.6 is 27.3 Å². The van der Waals surface area contributed by atoms with E-state index in [4.69, 9.17) is 0 Å². The predicted molar refractivity (Wildman–Crippen MR) is 87.0 cm³/mol. The minimum absolute atomic E-state index is 0.00145. The van der Waals surface area contributed by atoms with E-state index in [-0.39, 0.29) is 18.2 Å². The Hall–Kier alpha value is -1.46. The normalized spacial score (nSPS) is 14.7. The van der Waals surface area contributed by atoms with Gasteiger partial charge >= 0.3 is 0 Å². The summed E-state index contributed by atoms with van der Waals surface area (Å²) in [5.41, 5.74) is 1.81.